The Balaban J connectivity index is 2.91. The molecular formula is C7H5FNO. The summed E-state index contributed by atoms with van der Waals surface area (Å²) < 4.78 is 12.5. The standard InChI is InChI=1S/C7H5FNO/c8-6-3-1-2-4-7(6)9-5-10/h1-4H,(H,9,10). The van der Waals surface area contributed by atoms with Gasteiger partial charge in [0.25, 0.3) is 0 Å². The lowest BCUT2D eigenvalue weighted by Crippen LogP contribution is -1.95. The molecule has 0 aliphatic heterocycles. The molecule has 0 unspecified atom stereocenters. The molecule has 0 saturated carbocycles. The summed E-state index contributed by atoms with van der Waals surface area (Å²) in [5.41, 5.74) is 0.150. The Morgan fingerprint density at radius 1 is 1.40 bits per heavy atom. The van der Waals surface area contributed by atoms with Crippen LogP contribution in [0.25, 0.3) is 0 Å². The van der Waals surface area contributed by atoms with Crippen LogP contribution in [-0.2, 0) is 4.79 Å². The Hall–Kier alpha value is -1.38. The van der Waals surface area contributed by atoms with Gasteiger partial charge in [-0.05, 0) is 12.1 Å². The van der Waals surface area contributed by atoms with Gasteiger partial charge in [-0.15, -0.1) is 0 Å². The Morgan fingerprint density at radius 3 is 2.70 bits per heavy atom. The smallest absolute Gasteiger partial charge is 0.314 e. The fraction of sp³-hybridized carbons (Fsp3) is 0. The monoisotopic (exact) mass is 138 g/mol. The van der Waals surface area contributed by atoms with Crippen LogP contribution < -0.4 is 5.32 Å². The van der Waals surface area contributed by atoms with Crippen molar-refractivity contribution in [3.63, 3.8) is 0 Å². The van der Waals surface area contributed by atoms with Crippen LogP contribution in [0.2, 0.25) is 0 Å². The predicted octanol–water partition coefficient (Wildman–Crippen LogP) is 1.30. The van der Waals surface area contributed by atoms with Gasteiger partial charge in [0, 0.05) is 0 Å². The van der Waals surface area contributed by atoms with Crippen LogP contribution >= 0.6 is 0 Å². The van der Waals surface area contributed by atoms with Gasteiger partial charge in [0.2, 0.25) is 0 Å². The quantitative estimate of drug-likeness (QED) is 0.613. The van der Waals surface area contributed by atoms with Gasteiger partial charge in [0.15, 0.2) is 0 Å². The number of hydrogen-bond acceptors (Lipinski definition) is 1. The molecule has 0 aliphatic carbocycles. The van der Waals surface area contributed by atoms with Crippen molar-refractivity contribution in [1.82, 2.24) is 0 Å². The molecule has 1 N–H and O–H groups in total. The third-order valence-electron chi connectivity index (χ3n) is 1.06. The Morgan fingerprint density at radius 2 is 2.10 bits per heavy atom. The molecule has 0 heterocycles. The predicted molar refractivity (Wildman–Crippen MR) is 35.7 cm³/mol. The van der Waals surface area contributed by atoms with Crippen molar-refractivity contribution in [3.8, 4) is 0 Å². The highest BCUT2D eigenvalue weighted by atomic mass is 19.1. The van der Waals surface area contributed by atoms with E-state index < -0.39 is 5.82 Å². The highest BCUT2D eigenvalue weighted by molar-refractivity contribution is 5.71. The minimum atomic E-state index is -0.453. The number of hydrogen-bond donors (Lipinski definition) is 1. The zero-order valence-electron chi connectivity index (χ0n) is 5.10. The zero-order valence-corrected chi connectivity index (χ0v) is 5.10. The van der Waals surface area contributed by atoms with Gasteiger partial charge in [-0.1, -0.05) is 12.1 Å². The van der Waals surface area contributed by atoms with Gasteiger partial charge in [-0.2, -0.15) is 0 Å². The maximum absolute atomic E-state index is 12.5. The number of benzene rings is 1. The molecule has 0 bridgehead atoms. The molecule has 2 nitrogen and oxygen atoms in total. The van der Waals surface area contributed by atoms with Crippen LogP contribution in [0.3, 0.4) is 0 Å². The lowest BCUT2D eigenvalue weighted by molar-refractivity contribution is 0.560. The Labute approximate surface area is 57.7 Å². The molecule has 1 aromatic rings. The molecule has 1 amide bonds. The van der Waals surface area contributed by atoms with E-state index in [2.05, 4.69) is 5.32 Å². The van der Waals surface area contributed by atoms with Crippen LogP contribution in [0.1, 0.15) is 0 Å². The van der Waals surface area contributed by atoms with Gasteiger partial charge in [0.05, 0.1) is 5.69 Å². The van der Waals surface area contributed by atoms with E-state index in [0.717, 1.165) is 0 Å². The van der Waals surface area contributed by atoms with Crippen molar-refractivity contribution in [1.29, 1.82) is 0 Å². The summed E-state index contributed by atoms with van der Waals surface area (Å²) in [5, 5.41) is 2.10. The molecule has 0 spiro atoms. The summed E-state index contributed by atoms with van der Waals surface area (Å²) in [7, 11) is 0. The zero-order chi connectivity index (χ0) is 7.40. The fourth-order valence-corrected chi connectivity index (χ4v) is 0.618. The topological polar surface area (TPSA) is 29.1 Å². The van der Waals surface area contributed by atoms with Crippen molar-refractivity contribution in [3.05, 3.63) is 30.1 Å². The second-order valence-electron chi connectivity index (χ2n) is 1.71. The second-order valence-corrected chi connectivity index (χ2v) is 1.71. The summed E-state index contributed by atoms with van der Waals surface area (Å²) in [6.07, 6.45) is 1.38. The molecule has 0 aliphatic rings. The molecule has 51 valence electrons. The van der Waals surface area contributed by atoms with E-state index in [-0.39, 0.29) is 5.69 Å². The average Bonchev–Trinajstić information content (AvgIpc) is 1.94. The first-order valence-electron chi connectivity index (χ1n) is 2.72. The lowest BCUT2D eigenvalue weighted by Gasteiger charge is -1.96. The third-order valence-corrected chi connectivity index (χ3v) is 1.06. The molecule has 0 fully saturated rings. The first-order chi connectivity index (χ1) is 4.84. The largest absolute Gasteiger partial charge is 0.315 e. The van der Waals surface area contributed by atoms with Gasteiger partial charge in [0.1, 0.15) is 5.82 Å². The Kier molecular flexibility index (Phi) is 1.99. The van der Waals surface area contributed by atoms with Gasteiger partial charge >= 0.3 is 6.41 Å². The number of rotatable bonds is 2. The molecule has 10 heavy (non-hydrogen) atoms. The van der Waals surface area contributed by atoms with Crippen molar-refractivity contribution < 1.29 is 9.18 Å². The highest BCUT2D eigenvalue weighted by Gasteiger charge is 1.96. The minimum absolute atomic E-state index is 0.150. The number of amides is 1. The SMILES string of the molecule is O=[C]Nc1ccccc1F. The maximum Gasteiger partial charge on any atom is 0.314 e. The third kappa shape index (κ3) is 1.31. The van der Waals surface area contributed by atoms with Crippen molar-refractivity contribution in [2.45, 2.75) is 0 Å². The molecule has 1 rings (SSSR count). The van der Waals surface area contributed by atoms with E-state index in [4.69, 9.17) is 0 Å². The van der Waals surface area contributed by atoms with Crippen LogP contribution in [0.4, 0.5) is 10.1 Å². The van der Waals surface area contributed by atoms with E-state index >= 15 is 0 Å². The van der Waals surface area contributed by atoms with E-state index in [1.807, 2.05) is 0 Å². The van der Waals surface area contributed by atoms with E-state index in [0.29, 0.717) is 0 Å². The van der Waals surface area contributed by atoms with Crippen LogP contribution in [0.5, 0.6) is 0 Å². The van der Waals surface area contributed by atoms with Crippen molar-refractivity contribution in [2.24, 2.45) is 0 Å². The summed E-state index contributed by atoms with van der Waals surface area (Å²) >= 11 is 0. The molecule has 1 radical (unpaired) electrons. The van der Waals surface area contributed by atoms with Crippen molar-refractivity contribution >= 4 is 12.1 Å². The molecule has 0 saturated heterocycles. The van der Waals surface area contributed by atoms with E-state index in [1.54, 1.807) is 12.1 Å². The van der Waals surface area contributed by atoms with Gasteiger partial charge in [-0.3, -0.25) is 4.79 Å². The van der Waals surface area contributed by atoms with E-state index in [1.165, 1.54) is 18.5 Å². The number of halogens is 1. The summed E-state index contributed by atoms with van der Waals surface area (Å²) in [6.45, 7) is 0. The fourth-order valence-electron chi connectivity index (χ4n) is 0.618. The molecular weight excluding hydrogens is 133 g/mol. The highest BCUT2D eigenvalue weighted by Crippen LogP contribution is 2.10. The maximum atomic E-state index is 12.5. The van der Waals surface area contributed by atoms with Crippen molar-refractivity contribution in [2.75, 3.05) is 5.32 Å². The van der Waals surface area contributed by atoms with Gasteiger partial charge < -0.3 is 5.32 Å². The summed E-state index contributed by atoms with van der Waals surface area (Å²) in [5.74, 6) is -0.453. The minimum Gasteiger partial charge on any atom is -0.315 e. The number of anilines is 1. The van der Waals surface area contributed by atoms with Crippen LogP contribution in [0, 0.1) is 5.82 Å². The average molecular weight is 138 g/mol. The number of nitrogens with one attached hydrogen (secondary N) is 1. The molecule has 0 atom stereocenters. The first-order valence-corrected chi connectivity index (χ1v) is 2.72. The molecule has 3 heteroatoms. The first kappa shape index (κ1) is 6.74. The lowest BCUT2D eigenvalue weighted by atomic mass is 10.3. The van der Waals surface area contributed by atoms with Crippen LogP contribution in [0.15, 0.2) is 24.3 Å². The summed E-state index contributed by atoms with van der Waals surface area (Å²) in [4.78, 5) is 9.72. The van der Waals surface area contributed by atoms with Crippen LogP contribution in [-0.4, -0.2) is 6.41 Å². The molecule has 0 aromatic heterocycles. The van der Waals surface area contributed by atoms with Gasteiger partial charge in [-0.25, -0.2) is 4.39 Å². The normalized spacial score (nSPS) is 8.90. The Bertz CT molecular complexity index is 237. The number of para-hydroxylation sites is 1. The van der Waals surface area contributed by atoms with E-state index in [9.17, 15) is 9.18 Å². The molecule has 1 aromatic carbocycles. The summed E-state index contributed by atoms with van der Waals surface area (Å²) in [6, 6.07) is 5.90. The number of carbonyl (C=O) groups excluding carboxylic acids is 1. The second kappa shape index (κ2) is 2.96.